The first-order valence-electron chi connectivity index (χ1n) is 9.35. The van der Waals surface area contributed by atoms with Gasteiger partial charge in [-0.15, -0.1) is 0 Å². The second kappa shape index (κ2) is 4.35. The molecule has 3 nitrogen and oxygen atoms in total. The maximum absolute atomic E-state index is 8.12. The molecular formula is C14H22BNO2. The van der Waals surface area contributed by atoms with E-state index in [9.17, 15) is 0 Å². The fourth-order valence-electron chi connectivity index (χ4n) is 1.67. The number of rotatable bonds is 2. The van der Waals surface area contributed by atoms with Crippen LogP contribution in [0.2, 0.25) is 0 Å². The van der Waals surface area contributed by atoms with E-state index in [0.717, 1.165) is 0 Å². The SMILES string of the molecule is [2H]C([2H])([2H])C([2H])(c1ccc(B2OC(C)(C)C(C)(C)O2)cn1)C([2H])([2H])[2H]. The third-order valence-electron chi connectivity index (χ3n) is 3.57. The van der Waals surface area contributed by atoms with Crippen molar-refractivity contribution in [3.8, 4) is 0 Å². The van der Waals surface area contributed by atoms with E-state index in [4.69, 9.17) is 18.9 Å². The molecule has 0 amide bonds. The molecule has 18 heavy (non-hydrogen) atoms. The van der Waals surface area contributed by atoms with Crippen LogP contribution in [0.4, 0.5) is 0 Å². The van der Waals surface area contributed by atoms with E-state index in [2.05, 4.69) is 4.98 Å². The van der Waals surface area contributed by atoms with Gasteiger partial charge in [-0.25, -0.2) is 0 Å². The molecule has 1 aromatic rings. The van der Waals surface area contributed by atoms with E-state index >= 15 is 0 Å². The van der Waals surface area contributed by atoms with Crippen LogP contribution < -0.4 is 5.46 Å². The largest absolute Gasteiger partial charge is 0.496 e. The fourth-order valence-corrected chi connectivity index (χ4v) is 1.67. The zero-order valence-electron chi connectivity index (χ0n) is 18.1. The predicted molar refractivity (Wildman–Crippen MR) is 74.0 cm³/mol. The minimum Gasteiger partial charge on any atom is -0.399 e. The number of pyridine rings is 1. The second-order valence-electron chi connectivity index (χ2n) is 5.44. The second-order valence-corrected chi connectivity index (χ2v) is 5.44. The summed E-state index contributed by atoms with van der Waals surface area (Å²) in [5.74, 6) is -2.81. The van der Waals surface area contributed by atoms with Crippen molar-refractivity contribution in [1.29, 1.82) is 0 Å². The van der Waals surface area contributed by atoms with Gasteiger partial charge in [0.1, 0.15) is 0 Å². The van der Waals surface area contributed by atoms with Gasteiger partial charge in [-0.1, -0.05) is 19.8 Å². The first-order valence-corrected chi connectivity index (χ1v) is 5.85. The zero-order chi connectivity index (χ0) is 19.5. The van der Waals surface area contributed by atoms with Gasteiger partial charge in [0.25, 0.3) is 0 Å². The lowest BCUT2D eigenvalue weighted by atomic mass is 9.80. The van der Waals surface area contributed by atoms with Crippen LogP contribution in [0.5, 0.6) is 0 Å². The lowest BCUT2D eigenvalue weighted by Crippen LogP contribution is -2.41. The van der Waals surface area contributed by atoms with Gasteiger partial charge in [-0.2, -0.15) is 0 Å². The number of hydrogen-bond donors (Lipinski definition) is 0. The molecule has 1 fully saturated rings. The molecule has 2 heterocycles. The first kappa shape index (κ1) is 7.06. The van der Waals surface area contributed by atoms with Crippen molar-refractivity contribution in [1.82, 2.24) is 4.98 Å². The minimum atomic E-state index is -3.06. The third kappa shape index (κ3) is 2.32. The van der Waals surface area contributed by atoms with Crippen molar-refractivity contribution in [2.45, 2.75) is 58.5 Å². The van der Waals surface area contributed by atoms with Gasteiger partial charge < -0.3 is 9.31 Å². The summed E-state index contributed by atoms with van der Waals surface area (Å²) in [6.07, 6.45) is 1.30. The molecule has 1 saturated heterocycles. The predicted octanol–water partition coefficient (Wildman–Crippen LogP) is 2.50. The molecule has 0 aliphatic carbocycles. The van der Waals surface area contributed by atoms with E-state index in [0.29, 0.717) is 5.46 Å². The molecule has 2 rings (SSSR count). The minimum absolute atomic E-state index is 0.340. The molecule has 98 valence electrons. The van der Waals surface area contributed by atoms with Crippen molar-refractivity contribution in [3.63, 3.8) is 0 Å². The summed E-state index contributed by atoms with van der Waals surface area (Å²) in [6, 6.07) is 2.73. The molecule has 1 aliphatic heterocycles. The van der Waals surface area contributed by atoms with Gasteiger partial charge in [0.2, 0.25) is 0 Å². The Hall–Kier alpha value is -0.865. The summed E-state index contributed by atoms with van der Waals surface area (Å²) in [4.78, 5) is 3.96. The number of hydrogen-bond acceptors (Lipinski definition) is 3. The lowest BCUT2D eigenvalue weighted by molar-refractivity contribution is 0.00578. The average molecular weight is 254 g/mol. The smallest absolute Gasteiger partial charge is 0.399 e. The van der Waals surface area contributed by atoms with Crippen LogP contribution in [-0.4, -0.2) is 23.3 Å². The van der Waals surface area contributed by atoms with Crippen LogP contribution in [0, 0.1) is 0 Å². The van der Waals surface area contributed by atoms with Crippen molar-refractivity contribution in [2.75, 3.05) is 0 Å². The lowest BCUT2D eigenvalue weighted by Gasteiger charge is -2.32. The summed E-state index contributed by atoms with van der Waals surface area (Å²) in [7, 11) is -0.702. The van der Waals surface area contributed by atoms with Gasteiger partial charge in [-0.3, -0.25) is 4.98 Å². The molecule has 0 atom stereocenters. The van der Waals surface area contributed by atoms with E-state index in [1.165, 1.54) is 18.3 Å². The highest BCUT2D eigenvalue weighted by Gasteiger charge is 2.51. The van der Waals surface area contributed by atoms with Crippen LogP contribution in [-0.2, 0) is 9.31 Å². The summed E-state index contributed by atoms with van der Waals surface area (Å²) < 4.78 is 64.9. The number of nitrogens with zero attached hydrogens (tertiary/aromatic N) is 1. The molecule has 0 aromatic carbocycles. The molecule has 4 heteroatoms. The summed E-state index contributed by atoms with van der Waals surface area (Å²) in [6.45, 7) is 1.47. The Morgan fingerprint density at radius 3 is 2.28 bits per heavy atom. The monoisotopic (exact) mass is 254 g/mol. The normalized spacial score (nSPS) is 29.3. The molecule has 0 saturated carbocycles. The molecule has 1 aromatic heterocycles. The van der Waals surface area contributed by atoms with E-state index in [1.54, 1.807) is 0 Å². The molecule has 0 bridgehead atoms. The fraction of sp³-hybridized carbons (Fsp3) is 0.643. The summed E-state index contributed by atoms with van der Waals surface area (Å²) in [5.41, 5.74) is -0.909. The Kier molecular flexibility index (Phi) is 1.71. The number of aromatic nitrogens is 1. The van der Waals surface area contributed by atoms with Crippen molar-refractivity contribution in [2.24, 2.45) is 0 Å². The Bertz CT molecular complexity index is 610. The van der Waals surface area contributed by atoms with Gasteiger partial charge in [0.05, 0.1) is 11.2 Å². The Labute approximate surface area is 120 Å². The quantitative estimate of drug-likeness (QED) is 0.760. The summed E-state index contributed by atoms with van der Waals surface area (Å²) in [5, 5.41) is 0. The molecule has 0 unspecified atom stereocenters. The summed E-state index contributed by atoms with van der Waals surface area (Å²) >= 11 is 0. The van der Waals surface area contributed by atoms with E-state index < -0.39 is 37.9 Å². The van der Waals surface area contributed by atoms with E-state index in [-0.39, 0.29) is 5.69 Å². The van der Waals surface area contributed by atoms with Gasteiger partial charge in [0, 0.05) is 26.9 Å². The van der Waals surface area contributed by atoms with Crippen LogP contribution in [0.25, 0.3) is 0 Å². The highest BCUT2D eigenvalue weighted by molar-refractivity contribution is 6.62. The Morgan fingerprint density at radius 2 is 1.83 bits per heavy atom. The van der Waals surface area contributed by atoms with Gasteiger partial charge in [-0.05, 0) is 39.7 Å². The van der Waals surface area contributed by atoms with Crippen LogP contribution in [0.1, 0.15) is 62.6 Å². The van der Waals surface area contributed by atoms with Crippen molar-refractivity contribution in [3.05, 3.63) is 24.0 Å². The zero-order valence-corrected chi connectivity index (χ0v) is 11.1. The first-order chi connectivity index (χ1) is 11.0. The highest BCUT2D eigenvalue weighted by atomic mass is 16.7. The van der Waals surface area contributed by atoms with Gasteiger partial charge >= 0.3 is 7.12 Å². The maximum atomic E-state index is 8.12. The molecule has 0 N–H and O–H groups in total. The molecule has 0 spiro atoms. The standard InChI is InChI=1S/C14H22BNO2/c1-10(2)12-8-7-11(9-16-12)15-17-13(3,4)14(5,6)18-15/h7-10H,1-6H3/i1D3,2D3,10D. The topological polar surface area (TPSA) is 31.4 Å². The van der Waals surface area contributed by atoms with Crippen LogP contribution in [0.15, 0.2) is 18.3 Å². The molecular weight excluding hydrogens is 225 g/mol. The maximum Gasteiger partial charge on any atom is 0.496 e. The van der Waals surface area contributed by atoms with Crippen LogP contribution >= 0.6 is 0 Å². The molecule has 1 aliphatic rings. The molecule has 0 radical (unpaired) electrons. The van der Waals surface area contributed by atoms with Crippen molar-refractivity contribution < 1.29 is 18.9 Å². The highest BCUT2D eigenvalue weighted by Crippen LogP contribution is 2.36. The van der Waals surface area contributed by atoms with Crippen LogP contribution in [0.3, 0.4) is 0 Å². The van der Waals surface area contributed by atoms with Gasteiger partial charge in [0.15, 0.2) is 0 Å². The van der Waals surface area contributed by atoms with Crippen molar-refractivity contribution >= 4 is 12.6 Å². The third-order valence-corrected chi connectivity index (χ3v) is 3.57. The van der Waals surface area contributed by atoms with E-state index in [1.807, 2.05) is 27.7 Å². The Balaban J connectivity index is 2.38. The Morgan fingerprint density at radius 1 is 1.22 bits per heavy atom. The average Bonchev–Trinajstić information content (AvgIpc) is 2.64.